The molecule has 0 aliphatic rings. The van der Waals surface area contributed by atoms with Gasteiger partial charge in [-0.1, -0.05) is 35.9 Å². The Balaban J connectivity index is 1.62. The smallest absolute Gasteiger partial charge is 0.251 e. The van der Waals surface area contributed by atoms with Crippen molar-refractivity contribution in [1.29, 1.82) is 0 Å². The lowest BCUT2D eigenvalue weighted by molar-refractivity contribution is 0.0963. The van der Waals surface area contributed by atoms with Gasteiger partial charge in [-0.25, -0.2) is 4.98 Å². The Hall–Kier alpha value is -2.63. The van der Waals surface area contributed by atoms with Crippen LogP contribution in [-0.4, -0.2) is 29.9 Å². The normalized spacial score (nSPS) is 10.9. The molecule has 1 amide bonds. The van der Waals surface area contributed by atoms with Crippen LogP contribution in [0.4, 0.5) is 0 Å². The molecule has 1 aromatic heterocycles. The van der Waals surface area contributed by atoms with E-state index in [9.17, 15) is 4.79 Å². The van der Waals surface area contributed by atoms with Gasteiger partial charge >= 0.3 is 0 Å². The lowest BCUT2D eigenvalue weighted by atomic mass is 10.1. The molecule has 26 heavy (non-hydrogen) atoms. The van der Waals surface area contributed by atoms with E-state index in [0.29, 0.717) is 28.8 Å². The van der Waals surface area contributed by atoms with Crippen molar-refractivity contribution in [2.24, 2.45) is 0 Å². The lowest BCUT2D eigenvalue weighted by Gasteiger charge is -2.14. The van der Waals surface area contributed by atoms with Gasteiger partial charge in [-0.05, 0) is 36.9 Å². The van der Waals surface area contributed by atoms with Crippen LogP contribution in [0.5, 0.6) is 0 Å². The Labute approximate surface area is 157 Å². The summed E-state index contributed by atoms with van der Waals surface area (Å²) in [7, 11) is 3.62. The molecule has 0 unspecified atom stereocenters. The van der Waals surface area contributed by atoms with Crippen molar-refractivity contribution in [3.05, 3.63) is 76.8 Å². The standard InChI is InChI=1S/C20H20ClN3O2/c1-22-20(25)15-8-6-14(7-9-15)12-24(2)13-19-23-11-18(26-19)16-4-3-5-17(21)10-16/h3-11H,12-13H2,1-2H3,(H,22,25). The molecule has 6 heteroatoms. The highest BCUT2D eigenvalue weighted by Gasteiger charge is 2.10. The molecule has 5 nitrogen and oxygen atoms in total. The molecule has 0 atom stereocenters. The van der Waals surface area contributed by atoms with Gasteiger partial charge in [0.15, 0.2) is 5.76 Å². The summed E-state index contributed by atoms with van der Waals surface area (Å²) in [6.45, 7) is 1.31. The van der Waals surface area contributed by atoms with E-state index in [1.807, 2.05) is 55.6 Å². The van der Waals surface area contributed by atoms with Crippen molar-refractivity contribution in [1.82, 2.24) is 15.2 Å². The average molecular weight is 370 g/mol. The first-order chi connectivity index (χ1) is 12.5. The van der Waals surface area contributed by atoms with Crippen molar-refractivity contribution >= 4 is 17.5 Å². The second-order valence-electron chi connectivity index (χ2n) is 6.08. The Morgan fingerprint density at radius 3 is 2.65 bits per heavy atom. The van der Waals surface area contributed by atoms with E-state index in [1.165, 1.54) is 0 Å². The van der Waals surface area contributed by atoms with Crippen molar-refractivity contribution < 1.29 is 9.21 Å². The van der Waals surface area contributed by atoms with Gasteiger partial charge in [0.25, 0.3) is 5.91 Å². The van der Waals surface area contributed by atoms with Gasteiger partial charge in [0, 0.05) is 29.7 Å². The highest BCUT2D eigenvalue weighted by Crippen LogP contribution is 2.23. The van der Waals surface area contributed by atoms with Gasteiger partial charge in [0.1, 0.15) is 0 Å². The minimum atomic E-state index is -0.0850. The van der Waals surface area contributed by atoms with Gasteiger partial charge in [0.2, 0.25) is 5.89 Å². The number of hydrogen-bond donors (Lipinski definition) is 1. The predicted molar refractivity (Wildman–Crippen MR) is 102 cm³/mol. The first-order valence-electron chi connectivity index (χ1n) is 8.25. The second kappa shape index (κ2) is 8.17. The maximum atomic E-state index is 11.6. The van der Waals surface area contributed by atoms with Gasteiger partial charge < -0.3 is 9.73 Å². The van der Waals surface area contributed by atoms with Crippen LogP contribution in [0.2, 0.25) is 5.02 Å². The molecule has 0 saturated heterocycles. The monoisotopic (exact) mass is 369 g/mol. The van der Waals surface area contributed by atoms with Crippen LogP contribution in [0.15, 0.2) is 59.1 Å². The van der Waals surface area contributed by atoms with E-state index in [1.54, 1.807) is 13.2 Å². The summed E-state index contributed by atoms with van der Waals surface area (Å²) in [5.41, 5.74) is 2.67. The van der Waals surface area contributed by atoms with Crippen molar-refractivity contribution in [2.45, 2.75) is 13.1 Å². The van der Waals surface area contributed by atoms with E-state index in [0.717, 1.165) is 17.7 Å². The Bertz CT molecular complexity index is 890. The minimum Gasteiger partial charge on any atom is -0.439 e. The second-order valence-corrected chi connectivity index (χ2v) is 6.51. The number of hydrogen-bond acceptors (Lipinski definition) is 4. The summed E-state index contributed by atoms with van der Waals surface area (Å²) in [5, 5.41) is 3.28. The highest BCUT2D eigenvalue weighted by atomic mass is 35.5. The molecule has 1 heterocycles. The SMILES string of the molecule is CNC(=O)c1ccc(CN(C)Cc2ncc(-c3cccc(Cl)c3)o2)cc1. The van der Waals surface area contributed by atoms with E-state index < -0.39 is 0 Å². The number of carbonyl (C=O) groups is 1. The first-order valence-corrected chi connectivity index (χ1v) is 8.63. The summed E-state index contributed by atoms with van der Waals surface area (Å²) in [6, 6.07) is 15.0. The van der Waals surface area contributed by atoms with E-state index >= 15 is 0 Å². The number of carbonyl (C=O) groups excluding carboxylic acids is 1. The topological polar surface area (TPSA) is 58.4 Å². The zero-order valence-electron chi connectivity index (χ0n) is 14.7. The molecule has 134 valence electrons. The molecule has 0 saturated carbocycles. The Morgan fingerprint density at radius 1 is 1.19 bits per heavy atom. The Kier molecular flexibility index (Phi) is 5.71. The number of nitrogens with one attached hydrogen (secondary N) is 1. The maximum absolute atomic E-state index is 11.6. The van der Waals surface area contributed by atoms with Crippen molar-refractivity contribution in [3.8, 4) is 11.3 Å². The van der Waals surface area contributed by atoms with Crippen LogP contribution in [0.25, 0.3) is 11.3 Å². The molecular weight excluding hydrogens is 350 g/mol. The fourth-order valence-electron chi connectivity index (χ4n) is 2.66. The van der Waals surface area contributed by atoms with E-state index in [4.69, 9.17) is 16.0 Å². The first kappa shape index (κ1) is 18.2. The molecule has 0 radical (unpaired) electrons. The summed E-state index contributed by atoms with van der Waals surface area (Å²) < 4.78 is 5.83. The number of rotatable bonds is 6. The minimum absolute atomic E-state index is 0.0850. The number of amides is 1. The van der Waals surface area contributed by atoms with Gasteiger partial charge in [-0.15, -0.1) is 0 Å². The molecule has 3 aromatic rings. The van der Waals surface area contributed by atoms with Crippen LogP contribution in [-0.2, 0) is 13.1 Å². The highest BCUT2D eigenvalue weighted by molar-refractivity contribution is 6.30. The average Bonchev–Trinajstić information content (AvgIpc) is 3.10. The zero-order chi connectivity index (χ0) is 18.5. The molecule has 1 N–H and O–H groups in total. The van der Waals surface area contributed by atoms with Crippen molar-refractivity contribution in [3.63, 3.8) is 0 Å². The van der Waals surface area contributed by atoms with Gasteiger partial charge in [-0.3, -0.25) is 9.69 Å². The lowest BCUT2D eigenvalue weighted by Crippen LogP contribution is -2.19. The summed E-state index contributed by atoms with van der Waals surface area (Å²) >= 11 is 6.02. The Morgan fingerprint density at radius 2 is 1.96 bits per heavy atom. The van der Waals surface area contributed by atoms with Gasteiger partial charge in [0.05, 0.1) is 12.7 Å². The fraction of sp³-hybridized carbons (Fsp3) is 0.200. The molecule has 2 aromatic carbocycles. The number of nitrogens with zero attached hydrogens (tertiary/aromatic N) is 2. The third kappa shape index (κ3) is 4.50. The third-order valence-corrected chi connectivity index (χ3v) is 4.20. The largest absolute Gasteiger partial charge is 0.439 e. The van der Waals surface area contributed by atoms with E-state index in [-0.39, 0.29) is 5.91 Å². The molecule has 0 fully saturated rings. The zero-order valence-corrected chi connectivity index (χ0v) is 15.5. The van der Waals surface area contributed by atoms with Crippen LogP contribution in [0.1, 0.15) is 21.8 Å². The number of halogens is 1. The molecule has 0 spiro atoms. The van der Waals surface area contributed by atoms with E-state index in [2.05, 4.69) is 15.2 Å². The van der Waals surface area contributed by atoms with Crippen molar-refractivity contribution in [2.75, 3.05) is 14.1 Å². The van der Waals surface area contributed by atoms with Crippen LogP contribution in [0.3, 0.4) is 0 Å². The molecule has 0 bridgehead atoms. The summed E-state index contributed by atoms with van der Waals surface area (Å²) in [6.07, 6.45) is 1.72. The maximum Gasteiger partial charge on any atom is 0.251 e. The fourth-order valence-corrected chi connectivity index (χ4v) is 2.85. The third-order valence-electron chi connectivity index (χ3n) is 3.96. The van der Waals surface area contributed by atoms with Gasteiger partial charge in [-0.2, -0.15) is 0 Å². The number of oxazole rings is 1. The number of benzene rings is 2. The quantitative estimate of drug-likeness (QED) is 0.713. The van der Waals surface area contributed by atoms with Crippen LogP contribution >= 0.6 is 11.6 Å². The number of aromatic nitrogens is 1. The van der Waals surface area contributed by atoms with Crippen LogP contribution in [0, 0.1) is 0 Å². The molecular formula is C20H20ClN3O2. The predicted octanol–water partition coefficient (Wildman–Crippen LogP) is 3.99. The molecule has 0 aliphatic carbocycles. The molecule has 3 rings (SSSR count). The molecule has 0 aliphatic heterocycles. The summed E-state index contributed by atoms with van der Waals surface area (Å²) in [5.74, 6) is 1.26. The summed E-state index contributed by atoms with van der Waals surface area (Å²) in [4.78, 5) is 18.0. The van der Waals surface area contributed by atoms with Crippen LogP contribution < -0.4 is 5.32 Å².